The fourth-order valence-electron chi connectivity index (χ4n) is 2.04. The van der Waals surface area contributed by atoms with Crippen LogP contribution < -0.4 is 11.1 Å². The van der Waals surface area contributed by atoms with Gasteiger partial charge in [-0.3, -0.25) is 5.32 Å². The van der Waals surface area contributed by atoms with Crippen molar-refractivity contribution in [2.24, 2.45) is 11.7 Å². The SMILES string of the molecule is CC#CCNC(CN)c1ccc(C2CC2C)o1. The first-order valence-corrected chi connectivity index (χ1v) is 6.19. The maximum atomic E-state index is 5.87. The summed E-state index contributed by atoms with van der Waals surface area (Å²) >= 11 is 0. The van der Waals surface area contributed by atoms with E-state index in [2.05, 4.69) is 30.1 Å². The lowest BCUT2D eigenvalue weighted by molar-refractivity contribution is 0.403. The van der Waals surface area contributed by atoms with Gasteiger partial charge < -0.3 is 10.2 Å². The molecule has 0 radical (unpaired) electrons. The summed E-state index contributed by atoms with van der Waals surface area (Å²) in [5.41, 5.74) is 5.74. The highest BCUT2D eigenvalue weighted by Crippen LogP contribution is 2.47. The first-order valence-electron chi connectivity index (χ1n) is 6.19. The van der Waals surface area contributed by atoms with Crippen molar-refractivity contribution < 1.29 is 4.42 Å². The summed E-state index contributed by atoms with van der Waals surface area (Å²) in [6.45, 7) is 5.26. The number of nitrogens with one attached hydrogen (secondary N) is 1. The Labute approximate surface area is 103 Å². The van der Waals surface area contributed by atoms with Crippen LogP contribution in [0, 0.1) is 17.8 Å². The second-order valence-electron chi connectivity index (χ2n) is 4.66. The van der Waals surface area contributed by atoms with Gasteiger partial charge in [-0.05, 0) is 31.4 Å². The lowest BCUT2D eigenvalue weighted by Crippen LogP contribution is -2.28. The number of rotatable bonds is 5. The molecule has 1 heterocycles. The zero-order valence-corrected chi connectivity index (χ0v) is 10.5. The van der Waals surface area contributed by atoms with Crippen molar-refractivity contribution in [1.82, 2.24) is 5.32 Å². The Morgan fingerprint density at radius 2 is 2.35 bits per heavy atom. The summed E-state index contributed by atoms with van der Waals surface area (Å²) < 4.78 is 5.87. The molecule has 2 rings (SSSR count). The first kappa shape index (κ1) is 12.2. The molecule has 3 nitrogen and oxygen atoms in total. The maximum Gasteiger partial charge on any atom is 0.122 e. The molecule has 1 saturated carbocycles. The Morgan fingerprint density at radius 1 is 1.59 bits per heavy atom. The number of hydrogen-bond acceptors (Lipinski definition) is 3. The van der Waals surface area contributed by atoms with Crippen molar-refractivity contribution >= 4 is 0 Å². The molecular weight excluding hydrogens is 212 g/mol. The summed E-state index contributed by atoms with van der Waals surface area (Å²) in [5.74, 6) is 9.25. The van der Waals surface area contributed by atoms with Gasteiger partial charge in [0.1, 0.15) is 11.5 Å². The molecule has 3 N–H and O–H groups in total. The summed E-state index contributed by atoms with van der Waals surface area (Å²) in [6, 6.07) is 4.18. The fraction of sp³-hybridized carbons (Fsp3) is 0.571. The summed E-state index contributed by atoms with van der Waals surface area (Å²) in [4.78, 5) is 0. The topological polar surface area (TPSA) is 51.2 Å². The van der Waals surface area contributed by atoms with Gasteiger partial charge in [0.2, 0.25) is 0 Å². The van der Waals surface area contributed by atoms with E-state index in [1.54, 1.807) is 0 Å². The van der Waals surface area contributed by atoms with Gasteiger partial charge >= 0.3 is 0 Å². The molecule has 0 saturated heterocycles. The lowest BCUT2D eigenvalue weighted by atomic mass is 10.2. The van der Waals surface area contributed by atoms with Crippen LogP contribution in [0.2, 0.25) is 0 Å². The number of nitrogens with two attached hydrogens (primary N) is 1. The van der Waals surface area contributed by atoms with E-state index in [9.17, 15) is 0 Å². The number of furan rings is 1. The maximum absolute atomic E-state index is 5.87. The van der Waals surface area contributed by atoms with Crippen LogP contribution in [0.25, 0.3) is 0 Å². The average molecular weight is 232 g/mol. The van der Waals surface area contributed by atoms with Gasteiger partial charge in [-0.25, -0.2) is 0 Å². The molecule has 0 aromatic carbocycles. The summed E-state index contributed by atoms with van der Waals surface area (Å²) in [6.07, 6.45) is 1.25. The standard InChI is InChI=1S/C14H20N2O/c1-3-4-7-16-12(9-15)14-6-5-13(17-14)11-8-10(11)2/h5-6,10-12,16H,7-9,15H2,1-2H3. The van der Waals surface area contributed by atoms with Crippen LogP contribution in [0.5, 0.6) is 0 Å². The molecular formula is C14H20N2O. The zero-order valence-electron chi connectivity index (χ0n) is 10.5. The largest absolute Gasteiger partial charge is 0.464 e. The highest BCUT2D eigenvalue weighted by atomic mass is 16.3. The Balaban J connectivity index is 1.97. The Hall–Kier alpha value is -1.24. The first-order chi connectivity index (χ1) is 8.26. The van der Waals surface area contributed by atoms with Gasteiger partial charge in [0.25, 0.3) is 0 Å². The van der Waals surface area contributed by atoms with Crippen molar-refractivity contribution in [2.75, 3.05) is 13.1 Å². The van der Waals surface area contributed by atoms with Gasteiger partial charge in [-0.2, -0.15) is 0 Å². The third-order valence-corrected chi connectivity index (χ3v) is 3.32. The molecule has 1 aromatic heterocycles. The van der Waals surface area contributed by atoms with E-state index in [1.165, 1.54) is 6.42 Å². The van der Waals surface area contributed by atoms with Crippen LogP contribution in [0.4, 0.5) is 0 Å². The average Bonchev–Trinajstić information content (AvgIpc) is 2.88. The minimum atomic E-state index is 0.0682. The van der Waals surface area contributed by atoms with Crippen LogP contribution in [0.15, 0.2) is 16.5 Å². The van der Waals surface area contributed by atoms with E-state index in [-0.39, 0.29) is 6.04 Å². The minimum absolute atomic E-state index is 0.0682. The Bertz CT molecular complexity index is 427. The van der Waals surface area contributed by atoms with E-state index < -0.39 is 0 Å². The molecule has 1 aromatic rings. The fourth-order valence-corrected chi connectivity index (χ4v) is 2.04. The van der Waals surface area contributed by atoms with Crippen molar-refractivity contribution in [3.63, 3.8) is 0 Å². The zero-order chi connectivity index (χ0) is 12.3. The van der Waals surface area contributed by atoms with Crippen molar-refractivity contribution in [2.45, 2.75) is 32.2 Å². The molecule has 0 aliphatic heterocycles. The second-order valence-corrected chi connectivity index (χ2v) is 4.66. The summed E-state index contributed by atoms with van der Waals surface area (Å²) in [5, 5.41) is 3.28. The monoisotopic (exact) mass is 232 g/mol. The molecule has 3 unspecified atom stereocenters. The second kappa shape index (κ2) is 5.39. The van der Waals surface area contributed by atoms with Gasteiger partial charge in [0.05, 0.1) is 12.6 Å². The van der Waals surface area contributed by atoms with Gasteiger partial charge in [0, 0.05) is 12.5 Å². The van der Waals surface area contributed by atoms with Crippen LogP contribution in [0.1, 0.15) is 43.7 Å². The lowest BCUT2D eigenvalue weighted by Gasteiger charge is -2.12. The van der Waals surface area contributed by atoms with Crippen molar-refractivity contribution in [3.05, 3.63) is 23.7 Å². The molecule has 17 heavy (non-hydrogen) atoms. The van der Waals surface area contributed by atoms with Gasteiger partial charge in [-0.15, -0.1) is 5.92 Å². The minimum Gasteiger partial charge on any atom is -0.464 e. The number of hydrogen-bond donors (Lipinski definition) is 2. The van der Waals surface area contributed by atoms with E-state index in [0.29, 0.717) is 19.0 Å². The van der Waals surface area contributed by atoms with E-state index in [1.807, 2.05) is 13.0 Å². The Kier molecular flexibility index (Phi) is 3.88. The highest BCUT2D eigenvalue weighted by Gasteiger charge is 2.36. The molecule has 1 fully saturated rings. The smallest absolute Gasteiger partial charge is 0.122 e. The normalized spacial score (nSPS) is 23.9. The molecule has 0 amide bonds. The molecule has 1 aliphatic rings. The third kappa shape index (κ3) is 2.91. The van der Waals surface area contributed by atoms with Crippen LogP contribution in [-0.4, -0.2) is 13.1 Å². The molecule has 0 bridgehead atoms. The van der Waals surface area contributed by atoms with E-state index in [4.69, 9.17) is 10.2 Å². The molecule has 92 valence electrons. The quantitative estimate of drug-likeness (QED) is 0.764. The molecule has 3 heteroatoms. The van der Waals surface area contributed by atoms with Gasteiger partial charge in [-0.1, -0.05) is 12.8 Å². The van der Waals surface area contributed by atoms with Crippen LogP contribution >= 0.6 is 0 Å². The predicted molar refractivity (Wildman–Crippen MR) is 68.5 cm³/mol. The van der Waals surface area contributed by atoms with E-state index in [0.717, 1.165) is 17.4 Å². The molecule has 1 aliphatic carbocycles. The van der Waals surface area contributed by atoms with Gasteiger partial charge in [0.15, 0.2) is 0 Å². The van der Waals surface area contributed by atoms with Crippen LogP contribution in [0.3, 0.4) is 0 Å². The van der Waals surface area contributed by atoms with Crippen molar-refractivity contribution in [3.8, 4) is 11.8 Å². The van der Waals surface area contributed by atoms with Crippen molar-refractivity contribution in [1.29, 1.82) is 0 Å². The van der Waals surface area contributed by atoms with E-state index >= 15 is 0 Å². The Morgan fingerprint density at radius 3 is 2.94 bits per heavy atom. The molecule has 3 atom stereocenters. The molecule has 0 spiro atoms. The summed E-state index contributed by atoms with van der Waals surface area (Å²) in [7, 11) is 0. The van der Waals surface area contributed by atoms with Crippen LogP contribution in [-0.2, 0) is 0 Å². The highest BCUT2D eigenvalue weighted by molar-refractivity contribution is 5.19. The predicted octanol–water partition coefficient (Wildman–Crippen LogP) is 2.02. The third-order valence-electron chi connectivity index (χ3n) is 3.32.